The van der Waals surface area contributed by atoms with Crippen LogP contribution < -0.4 is 0 Å². The van der Waals surface area contributed by atoms with E-state index in [0.29, 0.717) is 21.8 Å². The van der Waals surface area contributed by atoms with Gasteiger partial charge in [-0.1, -0.05) is 23.5 Å². The number of nitriles is 1. The summed E-state index contributed by atoms with van der Waals surface area (Å²) in [6.07, 6.45) is 0.000860. The zero-order chi connectivity index (χ0) is 20.1. The van der Waals surface area contributed by atoms with Crippen molar-refractivity contribution in [2.75, 3.05) is 25.7 Å². The maximum absolute atomic E-state index is 11.3. The molecule has 0 atom stereocenters. The first kappa shape index (κ1) is 22.7. The fourth-order valence-corrected chi connectivity index (χ4v) is 3.09. The second-order valence-corrected chi connectivity index (χ2v) is 6.79. The zero-order valence-electron chi connectivity index (χ0n) is 14.8. The topological polar surface area (TPSA) is 141 Å². The number of carbonyl (C=O) groups is 3. The van der Waals surface area contributed by atoms with Gasteiger partial charge in [-0.2, -0.15) is 10.2 Å². The molecule has 0 amide bonds. The van der Waals surface area contributed by atoms with Crippen LogP contribution in [0.1, 0.15) is 25.1 Å². The smallest absolute Gasteiger partial charge is 0.320 e. The Hall–Kier alpha value is -2.39. The summed E-state index contributed by atoms with van der Waals surface area (Å²) in [5.74, 6) is -0.382. The molecule has 0 unspecified atom stereocenters. The Morgan fingerprint density at radius 1 is 0.926 bits per heavy atom. The summed E-state index contributed by atoms with van der Waals surface area (Å²) in [5.41, 5.74) is 0. The molecule has 0 fully saturated rings. The zero-order valence-corrected chi connectivity index (χ0v) is 16.4. The molecule has 1 heterocycles. The first-order valence-electron chi connectivity index (χ1n) is 7.65. The molecule has 0 aromatic carbocycles. The van der Waals surface area contributed by atoms with Crippen molar-refractivity contribution in [3.63, 3.8) is 0 Å². The molecule has 0 aliphatic heterocycles. The summed E-state index contributed by atoms with van der Waals surface area (Å²) < 4.78 is 14.1. The van der Waals surface area contributed by atoms with Gasteiger partial charge in [-0.15, -0.1) is 0 Å². The van der Waals surface area contributed by atoms with E-state index in [0.717, 1.165) is 0 Å². The maximum atomic E-state index is 11.3. The third kappa shape index (κ3) is 9.76. The average molecular weight is 414 g/mol. The molecule has 1 rings (SSSR count). The number of esters is 3. The number of thioether (sulfide) groups is 2. The van der Waals surface area contributed by atoms with Crippen LogP contribution in [-0.2, 0) is 35.2 Å². The number of nitrogens with zero attached hydrogens (tertiary/aromatic N) is 4. The van der Waals surface area contributed by atoms with Gasteiger partial charge in [-0.25, -0.2) is 9.97 Å². The summed E-state index contributed by atoms with van der Waals surface area (Å²) in [6, 6.07) is 1.69. The second-order valence-electron chi connectivity index (χ2n) is 4.66. The number of carbonyl (C=O) groups excluding carboxylic acids is 3. The van der Waals surface area contributed by atoms with Crippen LogP contribution >= 0.6 is 23.5 Å². The van der Waals surface area contributed by atoms with Gasteiger partial charge in [0.1, 0.15) is 6.42 Å². The van der Waals surface area contributed by atoms with E-state index in [1.54, 1.807) is 6.07 Å². The van der Waals surface area contributed by atoms with E-state index in [-0.39, 0.29) is 43.6 Å². The van der Waals surface area contributed by atoms with Crippen LogP contribution in [0.2, 0.25) is 0 Å². The highest BCUT2D eigenvalue weighted by molar-refractivity contribution is 7.99. The molecule has 0 bridgehead atoms. The predicted octanol–water partition coefficient (Wildman–Crippen LogP) is 1.14. The summed E-state index contributed by atoms with van der Waals surface area (Å²) in [6.45, 7) is -0.210. The van der Waals surface area contributed by atoms with E-state index >= 15 is 0 Å². The molecule has 12 heteroatoms. The molecule has 0 saturated heterocycles. The van der Waals surface area contributed by atoms with Crippen molar-refractivity contribution >= 4 is 41.4 Å². The Morgan fingerprint density at radius 2 is 1.44 bits per heavy atom. The molecule has 0 radical (unpaired) electrons. The molecular formula is C15H18N4O6S2. The minimum Gasteiger partial charge on any atom is -0.469 e. The summed E-state index contributed by atoms with van der Waals surface area (Å²) in [4.78, 5) is 46.3. The van der Waals surface area contributed by atoms with Gasteiger partial charge >= 0.3 is 17.9 Å². The van der Waals surface area contributed by atoms with Crippen molar-refractivity contribution in [3.8, 4) is 6.07 Å². The van der Waals surface area contributed by atoms with E-state index in [1.807, 2.05) is 0 Å². The monoisotopic (exact) mass is 414 g/mol. The highest BCUT2D eigenvalue weighted by Crippen LogP contribution is 2.20. The lowest BCUT2D eigenvalue weighted by atomic mass is 10.5. The predicted molar refractivity (Wildman–Crippen MR) is 94.6 cm³/mol. The second kappa shape index (κ2) is 12.9. The number of hydrogen-bond acceptors (Lipinski definition) is 12. The maximum Gasteiger partial charge on any atom is 0.320 e. The molecule has 146 valence electrons. The standard InChI is InChI=1S/C15H18N4O6S2/c1-23-11(20)4-7-26-14-17-10(9-25-13(22)3-6-16)18-15(19-14)27-8-5-12(21)24-2/h3-5,7-9H2,1-2H3. The molecule has 0 N–H and O–H groups in total. The SMILES string of the molecule is COC(=O)CCSc1nc(COC(=O)CC#N)nc(SCCC(=O)OC)n1. The Labute approximate surface area is 164 Å². The molecule has 0 spiro atoms. The van der Waals surface area contributed by atoms with Crippen LogP contribution in [0.25, 0.3) is 0 Å². The van der Waals surface area contributed by atoms with Crippen LogP contribution in [0.3, 0.4) is 0 Å². The van der Waals surface area contributed by atoms with Crippen LogP contribution in [0.5, 0.6) is 0 Å². The molecule has 1 aromatic heterocycles. The van der Waals surface area contributed by atoms with Gasteiger partial charge in [0.05, 0.1) is 33.1 Å². The average Bonchev–Trinajstić information content (AvgIpc) is 2.66. The Morgan fingerprint density at radius 3 is 1.89 bits per heavy atom. The van der Waals surface area contributed by atoms with Gasteiger partial charge in [-0.05, 0) is 0 Å². The highest BCUT2D eigenvalue weighted by Gasteiger charge is 2.12. The summed E-state index contributed by atoms with van der Waals surface area (Å²) in [5, 5.41) is 9.17. The molecule has 0 aliphatic carbocycles. The third-order valence-electron chi connectivity index (χ3n) is 2.76. The van der Waals surface area contributed by atoms with Crippen LogP contribution in [-0.4, -0.2) is 58.6 Å². The lowest BCUT2D eigenvalue weighted by Crippen LogP contribution is -2.09. The van der Waals surface area contributed by atoms with Crippen molar-refractivity contribution < 1.29 is 28.6 Å². The fraction of sp³-hybridized carbons (Fsp3) is 0.533. The Kier molecular flexibility index (Phi) is 10.8. The first-order valence-corrected chi connectivity index (χ1v) is 9.62. The van der Waals surface area contributed by atoms with Crippen molar-refractivity contribution in [2.24, 2.45) is 0 Å². The number of hydrogen-bond donors (Lipinski definition) is 0. The van der Waals surface area contributed by atoms with Gasteiger partial charge in [-0.3, -0.25) is 14.4 Å². The number of rotatable bonds is 11. The number of ether oxygens (including phenoxy) is 3. The van der Waals surface area contributed by atoms with Crippen molar-refractivity contribution in [1.82, 2.24) is 15.0 Å². The van der Waals surface area contributed by atoms with E-state index in [9.17, 15) is 14.4 Å². The summed E-state index contributed by atoms with van der Waals surface area (Å²) in [7, 11) is 2.61. The lowest BCUT2D eigenvalue weighted by molar-refractivity contribution is -0.144. The molecule has 27 heavy (non-hydrogen) atoms. The first-order chi connectivity index (χ1) is 13.0. The van der Waals surface area contributed by atoms with Crippen molar-refractivity contribution in [1.29, 1.82) is 5.26 Å². The normalized spacial score (nSPS) is 9.96. The molecule has 10 nitrogen and oxygen atoms in total. The van der Waals surface area contributed by atoms with Gasteiger partial charge in [0.15, 0.2) is 22.7 Å². The molecule has 1 aromatic rings. The molecule has 0 aliphatic rings. The highest BCUT2D eigenvalue weighted by atomic mass is 32.2. The van der Waals surface area contributed by atoms with Gasteiger partial charge in [0, 0.05) is 11.5 Å². The van der Waals surface area contributed by atoms with Crippen LogP contribution in [0.15, 0.2) is 10.3 Å². The summed E-state index contributed by atoms with van der Waals surface area (Å²) >= 11 is 2.44. The Balaban J connectivity index is 2.76. The quantitative estimate of drug-likeness (QED) is 0.291. The number of aromatic nitrogens is 3. The van der Waals surface area contributed by atoms with Gasteiger partial charge in [0.25, 0.3) is 0 Å². The lowest BCUT2D eigenvalue weighted by Gasteiger charge is -2.07. The Bertz CT molecular complexity index is 670. The third-order valence-corrected chi connectivity index (χ3v) is 4.45. The minimum atomic E-state index is -0.683. The molecular weight excluding hydrogens is 396 g/mol. The fourth-order valence-electron chi connectivity index (χ4n) is 1.49. The van der Waals surface area contributed by atoms with E-state index < -0.39 is 5.97 Å². The van der Waals surface area contributed by atoms with Gasteiger partial charge in [0.2, 0.25) is 0 Å². The van der Waals surface area contributed by atoms with E-state index in [2.05, 4.69) is 24.4 Å². The van der Waals surface area contributed by atoms with Gasteiger partial charge < -0.3 is 14.2 Å². The largest absolute Gasteiger partial charge is 0.469 e. The molecule has 0 saturated carbocycles. The number of methoxy groups -OCH3 is 2. The van der Waals surface area contributed by atoms with Crippen molar-refractivity contribution in [3.05, 3.63) is 5.82 Å². The van der Waals surface area contributed by atoms with Crippen LogP contribution in [0.4, 0.5) is 0 Å². The van der Waals surface area contributed by atoms with E-state index in [4.69, 9.17) is 10.00 Å². The van der Waals surface area contributed by atoms with E-state index in [1.165, 1.54) is 37.7 Å². The minimum absolute atomic E-state index is 0.185. The van der Waals surface area contributed by atoms with Crippen molar-refractivity contribution in [2.45, 2.75) is 36.2 Å². The van der Waals surface area contributed by atoms with Crippen LogP contribution in [0, 0.1) is 11.3 Å².